The van der Waals surface area contributed by atoms with Crippen LogP contribution in [0.4, 0.5) is 5.69 Å². The molecule has 178 valence electrons. The third kappa shape index (κ3) is 3.20. The van der Waals surface area contributed by atoms with Gasteiger partial charge in [-0.2, -0.15) is 0 Å². The van der Waals surface area contributed by atoms with Gasteiger partial charge in [0.15, 0.2) is 0 Å². The van der Waals surface area contributed by atoms with Gasteiger partial charge >= 0.3 is 0 Å². The van der Waals surface area contributed by atoms with Crippen molar-refractivity contribution < 1.29 is 0 Å². The molecule has 1 aliphatic rings. The highest BCUT2D eigenvalue weighted by molar-refractivity contribution is 6.18. The van der Waals surface area contributed by atoms with Crippen LogP contribution in [0.5, 0.6) is 0 Å². The van der Waals surface area contributed by atoms with Gasteiger partial charge < -0.3 is 14.0 Å². The number of aryl methyl sites for hydroxylation is 2. The average molecular weight is 470 g/mol. The van der Waals surface area contributed by atoms with E-state index in [9.17, 15) is 0 Å². The van der Waals surface area contributed by atoms with Crippen molar-refractivity contribution in [3.8, 4) is 0 Å². The van der Waals surface area contributed by atoms with Crippen LogP contribution in [0.25, 0.3) is 38.3 Å². The van der Waals surface area contributed by atoms with Crippen LogP contribution in [0.1, 0.15) is 24.6 Å². The number of rotatable bonds is 2. The largest absolute Gasteiger partial charge is 0.346 e. The minimum absolute atomic E-state index is 0.847. The summed E-state index contributed by atoms with van der Waals surface area (Å²) in [6, 6.07) is 23.9. The molecule has 1 aliphatic heterocycles. The fraction of sp³-hybridized carbons (Fsp3) is 0.152. The first-order chi connectivity index (χ1) is 17.5. The van der Waals surface area contributed by atoms with Gasteiger partial charge in [0.2, 0.25) is 0 Å². The normalized spacial score (nSPS) is 18.6. The van der Waals surface area contributed by atoms with Gasteiger partial charge in [-0.15, -0.1) is 0 Å². The summed E-state index contributed by atoms with van der Waals surface area (Å²) in [5.74, 6) is 0. The Kier molecular flexibility index (Phi) is 5.22. The quantitative estimate of drug-likeness (QED) is 0.253. The molecule has 3 aromatic carbocycles. The summed E-state index contributed by atoms with van der Waals surface area (Å²) in [6.07, 6.45) is 9.41. The Morgan fingerprint density at radius 1 is 0.722 bits per heavy atom. The molecule has 0 amide bonds. The van der Waals surface area contributed by atoms with Crippen LogP contribution in [0, 0.1) is 6.92 Å². The zero-order chi connectivity index (χ0) is 25.0. The fourth-order valence-corrected chi connectivity index (χ4v) is 5.93. The lowest BCUT2D eigenvalue weighted by Gasteiger charge is -2.28. The summed E-state index contributed by atoms with van der Waals surface area (Å²) >= 11 is 0. The number of nitrogens with zero attached hydrogens (tertiary/aromatic N) is 3. The Labute approximate surface area is 212 Å². The van der Waals surface area contributed by atoms with E-state index in [1.165, 1.54) is 55.2 Å². The second-order valence-corrected chi connectivity index (χ2v) is 9.67. The number of fused-ring (bicyclic) bond motifs is 5. The lowest BCUT2D eigenvalue weighted by Crippen LogP contribution is -2.20. The molecule has 36 heavy (non-hydrogen) atoms. The van der Waals surface area contributed by atoms with E-state index in [1.807, 2.05) is 0 Å². The van der Waals surface area contributed by atoms with Crippen LogP contribution in [-0.2, 0) is 14.1 Å². The molecule has 0 unspecified atom stereocenters. The summed E-state index contributed by atoms with van der Waals surface area (Å²) in [6.45, 7) is 8.90. The minimum atomic E-state index is 0.847. The maximum Gasteiger partial charge on any atom is 0.0736 e. The summed E-state index contributed by atoms with van der Waals surface area (Å²) < 4.78 is 4.73. The molecule has 3 heterocycles. The van der Waals surface area contributed by atoms with Crippen molar-refractivity contribution in [3.05, 3.63) is 120 Å². The van der Waals surface area contributed by atoms with Crippen molar-refractivity contribution in [3.63, 3.8) is 0 Å². The number of hydrogen-bond acceptors (Lipinski definition) is 1. The first kappa shape index (κ1) is 22.2. The molecule has 2 aromatic heterocycles. The molecule has 0 spiro atoms. The molecule has 0 aliphatic carbocycles. The highest BCUT2D eigenvalue weighted by atomic mass is 15.1. The maximum atomic E-state index is 4.42. The van der Waals surface area contributed by atoms with Gasteiger partial charge in [-0.3, -0.25) is 0 Å². The van der Waals surface area contributed by atoms with Crippen molar-refractivity contribution in [1.29, 1.82) is 0 Å². The average Bonchev–Trinajstić information content (AvgIpc) is 3.34. The van der Waals surface area contributed by atoms with Gasteiger partial charge in [0.25, 0.3) is 0 Å². The molecule has 0 saturated heterocycles. The first-order valence-corrected chi connectivity index (χ1v) is 12.5. The van der Waals surface area contributed by atoms with Gasteiger partial charge in [0.1, 0.15) is 0 Å². The van der Waals surface area contributed by atoms with E-state index in [0.717, 1.165) is 17.8 Å². The Morgan fingerprint density at radius 3 is 2.22 bits per heavy atom. The number of aromatic nitrogens is 2. The van der Waals surface area contributed by atoms with E-state index in [2.05, 4.69) is 140 Å². The van der Waals surface area contributed by atoms with Crippen LogP contribution in [0.2, 0.25) is 0 Å². The molecule has 0 fully saturated rings. The number of anilines is 1. The summed E-state index contributed by atoms with van der Waals surface area (Å²) in [5, 5.41) is 3.90. The van der Waals surface area contributed by atoms with Crippen molar-refractivity contribution in [2.24, 2.45) is 14.1 Å². The lowest BCUT2D eigenvalue weighted by molar-refractivity contribution is 0.909. The molecule has 6 rings (SSSR count). The predicted molar refractivity (Wildman–Crippen MR) is 155 cm³/mol. The monoisotopic (exact) mass is 469 g/mol. The molecule has 0 saturated carbocycles. The minimum Gasteiger partial charge on any atom is -0.346 e. The molecule has 0 atom stereocenters. The molecular formula is C33H31N3. The fourth-order valence-electron chi connectivity index (χ4n) is 5.93. The Hall–Kier alpha value is -4.24. The lowest BCUT2D eigenvalue weighted by atomic mass is 9.96. The molecule has 0 radical (unpaired) electrons. The molecule has 3 nitrogen and oxygen atoms in total. The van der Waals surface area contributed by atoms with Gasteiger partial charge in [0.05, 0.1) is 11.0 Å². The smallest absolute Gasteiger partial charge is 0.0736 e. The molecule has 0 bridgehead atoms. The second-order valence-electron chi connectivity index (χ2n) is 9.67. The summed E-state index contributed by atoms with van der Waals surface area (Å²) in [7, 11) is 4.39. The highest BCUT2D eigenvalue weighted by Gasteiger charge is 2.24. The van der Waals surface area contributed by atoms with E-state index in [1.54, 1.807) is 0 Å². The van der Waals surface area contributed by atoms with Crippen LogP contribution in [-0.4, -0.2) is 9.13 Å². The Balaban J connectivity index is 1.69. The first-order valence-electron chi connectivity index (χ1n) is 12.5. The second kappa shape index (κ2) is 8.46. The van der Waals surface area contributed by atoms with Crippen LogP contribution in [0.3, 0.4) is 0 Å². The van der Waals surface area contributed by atoms with Crippen LogP contribution >= 0.6 is 0 Å². The molecule has 5 aromatic rings. The number of hydrogen-bond donors (Lipinski definition) is 0. The van der Waals surface area contributed by atoms with E-state index in [0.29, 0.717) is 0 Å². The molecule has 0 N–H and O–H groups in total. The third-order valence-electron chi connectivity index (χ3n) is 7.75. The van der Waals surface area contributed by atoms with Crippen LogP contribution in [0.15, 0.2) is 109 Å². The van der Waals surface area contributed by atoms with Gasteiger partial charge in [-0.25, -0.2) is 0 Å². The van der Waals surface area contributed by atoms with Gasteiger partial charge in [-0.05, 0) is 50.1 Å². The number of benzene rings is 3. The van der Waals surface area contributed by atoms with Gasteiger partial charge in [-0.1, -0.05) is 73.3 Å². The van der Waals surface area contributed by atoms with Crippen molar-refractivity contribution in [2.45, 2.75) is 20.3 Å². The van der Waals surface area contributed by atoms with E-state index in [4.69, 9.17) is 0 Å². The highest BCUT2D eigenvalue weighted by Crippen LogP contribution is 2.42. The van der Waals surface area contributed by atoms with Crippen molar-refractivity contribution in [1.82, 2.24) is 9.13 Å². The molecule has 3 heteroatoms. The molecular weight excluding hydrogens is 438 g/mol. The number of allylic oxidation sites excluding steroid dienone is 6. The standard InChI is InChI=1S/C33H31N3/c1-22-14-8-6-11-17-26(23(2)36(22)25-15-9-7-10-16-25)31-24(3)34(4)33-29(31)21-20-28-27-18-12-13-19-30(27)35(5)32(28)33/h6-16,18-21H,1,17H2,2-5H3/b11-6-,14-8-,26-23+. The Morgan fingerprint density at radius 2 is 1.42 bits per heavy atom. The topological polar surface area (TPSA) is 13.1 Å². The van der Waals surface area contributed by atoms with Crippen molar-refractivity contribution in [2.75, 3.05) is 4.90 Å². The summed E-state index contributed by atoms with van der Waals surface area (Å²) in [4.78, 5) is 2.28. The Bertz CT molecular complexity index is 1750. The van der Waals surface area contributed by atoms with Crippen molar-refractivity contribution >= 4 is 44.0 Å². The van der Waals surface area contributed by atoms with E-state index in [-0.39, 0.29) is 0 Å². The van der Waals surface area contributed by atoms with E-state index >= 15 is 0 Å². The third-order valence-corrected chi connectivity index (χ3v) is 7.75. The predicted octanol–water partition coefficient (Wildman–Crippen LogP) is 8.40. The van der Waals surface area contributed by atoms with E-state index < -0.39 is 0 Å². The van der Waals surface area contributed by atoms with Crippen LogP contribution < -0.4 is 4.90 Å². The zero-order valence-electron chi connectivity index (χ0n) is 21.4. The van der Waals surface area contributed by atoms with Gasteiger partial charge in [0, 0.05) is 64.1 Å². The number of para-hydroxylation sites is 2. The maximum absolute atomic E-state index is 4.42. The zero-order valence-corrected chi connectivity index (χ0v) is 21.4. The SMILES string of the molecule is C=C1/C=C\C=C/C/C(c2c(C)n(C)c3c2ccc2c4ccccc4n(C)c23)=C(/C)N1c1ccccc1. The summed E-state index contributed by atoms with van der Waals surface area (Å²) in [5.41, 5.74) is 11.0.